The fourth-order valence-corrected chi connectivity index (χ4v) is 4.72. The van der Waals surface area contributed by atoms with Gasteiger partial charge < -0.3 is 4.90 Å². The molecule has 1 saturated heterocycles. The van der Waals surface area contributed by atoms with Gasteiger partial charge in [0.2, 0.25) is 0 Å². The van der Waals surface area contributed by atoms with Crippen molar-refractivity contribution in [1.29, 1.82) is 0 Å². The molecule has 5 nitrogen and oxygen atoms in total. The lowest BCUT2D eigenvalue weighted by atomic mass is 9.96. The number of hydrogen-bond acceptors (Lipinski definition) is 4. The fraction of sp³-hybridized carbons (Fsp3) is 0.300. The minimum atomic E-state index is -4.67. The molecule has 0 aromatic heterocycles. The second kappa shape index (κ2) is 9.43. The monoisotopic (exact) mass is 439 g/mol. The van der Waals surface area contributed by atoms with Crippen molar-refractivity contribution in [3.05, 3.63) is 64.7 Å². The number of rotatable bonds is 3. The lowest BCUT2D eigenvalue weighted by Gasteiger charge is -2.22. The van der Waals surface area contributed by atoms with Gasteiger partial charge in [-0.3, -0.25) is 9.11 Å². The zero-order valence-corrected chi connectivity index (χ0v) is 17.6. The number of halogens is 1. The van der Waals surface area contributed by atoms with Crippen LogP contribution in [0.2, 0.25) is 5.02 Å². The molecule has 0 atom stereocenters. The molecule has 8 heteroatoms. The van der Waals surface area contributed by atoms with E-state index >= 15 is 0 Å². The molecule has 0 bridgehead atoms. The predicted molar refractivity (Wildman–Crippen MR) is 114 cm³/mol. The molecule has 2 aromatic rings. The average Bonchev–Trinajstić information content (AvgIpc) is 3.13. The Labute approximate surface area is 175 Å². The lowest BCUT2D eigenvalue weighted by molar-refractivity contribution is 0.346. The standard InChI is InChI=1S/C20H20ClNS.H2O4S/c21-15-9-10-20-18(14-15)16(7-5-13-22-11-3-4-12-22)17-6-1-2-8-19(17)23-20;1-5(2,3)4/h1-2,6-10,14H,3-5,11-13H2;(H2,1,2,3,4)/b16-7+;. The number of fused-ring (bicyclic) bond motifs is 2. The molecule has 0 saturated carbocycles. The predicted octanol–water partition coefficient (Wildman–Crippen LogP) is 5.07. The second-order valence-corrected chi connectivity index (χ2v) is 9.06. The number of likely N-dealkylation sites (tertiary alicyclic amines) is 1. The van der Waals surface area contributed by atoms with Gasteiger partial charge in [0.25, 0.3) is 0 Å². The van der Waals surface area contributed by atoms with Gasteiger partial charge in [-0.1, -0.05) is 47.6 Å². The smallest absolute Gasteiger partial charge is 0.303 e. The summed E-state index contributed by atoms with van der Waals surface area (Å²) in [7, 11) is -4.67. The summed E-state index contributed by atoms with van der Waals surface area (Å²) in [5.74, 6) is 0. The Kier molecular flexibility index (Phi) is 7.20. The Morgan fingerprint density at radius 3 is 2.39 bits per heavy atom. The van der Waals surface area contributed by atoms with Gasteiger partial charge in [0.15, 0.2) is 0 Å². The van der Waals surface area contributed by atoms with Crippen molar-refractivity contribution in [2.24, 2.45) is 0 Å². The summed E-state index contributed by atoms with van der Waals surface area (Å²) in [6.07, 6.45) is 6.22. The van der Waals surface area contributed by atoms with Crippen molar-refractivity contribution in [3.8, 4) is 0 Å². The zero-order chi connectivity index (χ0) is 20.1. The highest BCUT2D eigenvalue weighted by Gasteiger charge is 2.20. The van der Waals surface area contributed by atoms with Gasteiger partial charge in [0.1, 0.15) is 0 Å². The third kappa shape index (κ3) is 6.07. The molecule has 2 N–H and O–H groups in total. The number of hydrogen-bond donors (Lipinski definition) is 2. The Balaban J connectivity index is 0.000000403. The Bertz CT molecular complexity index is 962. The molecule has 1 fully saturated rings. The lowest BCUT2D eigenvalue weighted by Crippen LogP contribution is -2.19. The summed E-state index contributed by atoms with van der Waals surface area (Å²) in [6, 6.07) is 14.9. The first-order valence-corrected chi connectivity index (χ1v) is 11.6. The van der Waals surface area contributed by atoms with Crippen molar-refractivity contribution >= 4 is 39.3 Å². The highest BCUT2D eigenvalue weighted by Crippen LogP contribution is 2.46. The van der Waals surface area contributed by atoms with Crippen molar-refractivity contribution in [2.75, 3.05) is 19.6 Å². The van der Waals surface area contributed by atoms with E-state index in [1.54, 1.807) is 0 Å². The zero-order valence-electron chi connectivity index (χ0n) is 15.2. The Morgan fingerprint density at radius 2 is 1.68 bits per heavy atom. The van der Waals surface area contributed by atoms with Gasteiger partial charge in [-0.2, -0.15) is 8.42 Å². The topological polar surface area (TPSA) is 77.8 Å². The molecule has 2 aromatic carbocycles. The molecule has 150 valence electrons. The van der Waals surface area contributed by atoms with E-state index in [1.807, 2.05) is 17.8 Å². The van der Waals surface area contributed by atoms with Crippen LogP contribution in [-0.2, 0) is 10.4 Å². The quantitative estimate of drug-likeness (QED) is 0.555. The van der Waals surface area contributed by atoms with Crippen LogP contribution in [0, 0.1) is 0 Å². The number of nitrogens with zero attached hydrogens (tertiary/aromatic N) is 1. The number of benzene rings is 2. The molecule has 0 radical (unpaired) electrons. The van der Waals surface area contributed by atoms with Gasteiger partial charge in [-0.05, 0) is 73.3 Å². The van der Waals surface area contributed by atoms with E-state index in [4.69, 9.17) is 29.1 Å². The Hall–Kier alpha value is -1.35. The summed E-state index contributed by atoms with van der Waals surface area (Å²) in [5, 5.41) is 0.814. The minimum absolute atomic E-state index is 0.814. The van der Waals surface area contributed by atoms with E-state index in [0.29, 0.717) is 0 Å². The van der Waals surface area contributed by atoms with Crippen LogP contribution >= 0.6 is 23.4 Å². The molecule has 0 unspecified atom stereocenters. The molecule has 0 spiro atoms. The van der Waals surface area contributed by atoms with Crippen molar-refractivity contribution in [2.45, 2.75) is 29.1 Å². The van der Waals surface area contributed by atoms with E-state index in [-0.39, 0.29) is 0 Å². The van der Waals surface area contributed by atoms with Gasteiger partial charge in [-0.15, -0.1) is 0 Å². The van der Waals surface area contributed by atoms with Crippen LogP contribution in [0.15, 0.2) is 58.3 Å². The van der Waals surface area contributed by atoms with Crippen LogP contribution in [0.1, 0.15) is 30.4 Å². The maximum atomic E-state index is 8.74. The summed E-state index contributed by atoms with van der Waals surface area (Å²) in [6.45, 7) is 3.69. The third-order valence-electron chi connectivity index (χ3n) is 4.62. The molecule has 28 heavy (non-hydrogen) atoms. The first-order chi connectivity index (χ1) is 13.3. The van der Waals surface area contributed by atoms with E-state index in [1.165, 1.54) is 52.4 Å². The van der Waals surface area contributed by atoms with E-state index in [2.05, 4.69) is 47.4 Å². The molecule has 2 aliphatic heterocycles. The summed E-state index contributed by atoms with van der Waals surface area (Å²) < 4.78 is 31.6. The molecular formula is C20H22ClNO4S2. The molecule has 0 aliphatic carbocycles. The van der Waals surface area contributed by atoms with E-state index in [9.17, 15) is 0 Å². The largest absolute Gasteiger partial charge is 0.394 e. The van der Waals surface area contributed by atoms with E-state index in [0.717, 1.165) is 18.0 Å². The van der Waals surface area contributed by atoms with Gasteiger partial charge >= 0.3 is 10.4 Å². The fourth-order valence-electron chi connectivity index (χ4n) is 3.46. The van der Waals surface area contributed by atoms with Crippen LogP contribution in [-0.4, -0.2) is 42.1 Å². The SMILES string of the molecule is Clc1ccc2c(c1)/C(=C/CCN1CCCC1)c1ccccc1S2.O=S(=O)(O)O. The van der Waals surface area contributed by atoms with Gasteiger partial charge in [-0.25, -0.2) is 0 Å². The van der Waals surface area contributed by atoms with Crippen LogP contribution in [0.4, 0.5) is 0 Å². The van der Waals surface area contributed by atoms with Gasteiger partial charge in [0.05, 0.1) is 0 Å². The maximum Gasteiger partial charge on any atom is 0.394 e. The third-order valence-corrected chi connectivity index (χ3v) is 6.01. The molecule has 4 rings (SSSR count). The normalized spacial score (nSPS) is 17.6. The van der Waals surface area contributed by atoms with Crippen LogP contribution in [0.3, 0.4) is 0 Å². The van der Waals surface area contributed by atoms with Crippen molar-refractivity contribution in [3.63, 3.8) is 0 Å². The summed E-state index contributed by atoms with van der Waals surface area (Å²) >= 11 is 8.11. The highest BCUT2D eigenvalue weighted by atomic mass is 35.5. The molecule has 0 amide bonds. The van der Waals surface area contributed by atoms with Crippen molar-refractivity contribution in [1.82, 2.24) is 4.90 Å². The first kappa shape index (κ1) is 21.4. The summed E-state index contributed by atoms with van der Waals surface area (Å²) in [5.41, 5.74) is 3.97. The molecular weight excluding hydrogens is 418 g/mol. The highest BCUT2D eigenvalue weighted by molar-refractivity contribution is 7.99. The van der Waals surface area contributed by atoms with Crippen LogP contribution < -0.4 is 0 Å². The molecule has 2 aliphatic rings. The summed E-state index contributed by atoms with van der Waals surface area (Å²) in [4.78, 5) is 5.22. The first-order valence-electron chi connectivity index (χ1n) is 9.01. The van der Waals surface area contributed by atoms with E-state index < -0.39 is 10.4 Å². The average molecular weight is 440 g/mol. The molecule has 2 heterocycles. The minimum Gasteiger partial charge on any atom is -0.303 e. The second-order valence-electron chi connectivity index (χ2n) is 6.64. The van der Waals surface area contributed by atoms with Crippen molar-refractivity contribution < 1.29 is 17.5 Å². The maximum absolute atomic E-state index is 8.74. The Morgan fingerprint density at radius 1 is 1.04 bits per heavy atom. The van der Waals surface area contributed by atoms with Crippen LogP contribution in [0.5, 0.6) is 0 Å². The van der Waals surface area contributed by atoms with Gasteiger partial charge in [0, 0.05) is 21.4 Å². The van der Waals surface area contributed by atoms with Crippen LogP contribution in [0.25, 0.3) is 5.57 Å².